The van der Waals surface area contributed by atoms with Gasteiger partial charge in [-0.05, 0) is 38.2 Å². The van der Waals surface area contributed by atoms with Gasteiger partial charge < -0.3 is 14.7 Å². The number of carbonyl (C=O) groups excluding carboxylic acids is 2. The van der Waals surface area contributed by atoms with Crippen molar-refractivity contribution in [1.82, 2.24) is 20.4 Å². The van der Waals surface area contributed by atoms with E-state index in [4.69, 9.17) is 4.52 Å². The highest BCUT2D eigenvalue weighted by Gasteiger charge is 2.30. The van der Waals surface area contributed by atoms with Crippen LogP contribution < -0.4 is 5.32 Å². The van der Waals surface area contributed by atoms with E-state index < -0.39 is 6.04 Å². The molecular formula is C19H26N4O3. The monoisotopic (exact) mass is 358 g/mol. The van der Waals surface area contributed by atoms with E-state index in [1.54, 1.807) is 21.0 Å². The summed E-state index contributed by atoms with van der Waals surface area (Å²) in [5.41, 5.74) is 2.35. The summed E-state index contributed by atoms with van der Waals surface area (Å²) in [7, 11) is 3.39. The van der Waals surface area contributed by atoms with Crippen molar-refractivity contribution in [3.05, 3.63) is 23.0 Å². The normalized spacial score (nSPS) is 15.3. The number of aromatic nitrogens is 2. The summed E-state index contributed by atoms with van der Waals surface area (Å²) in [6, 6.07) is 1.26. The molecule has 2 amide bonds. The van der Waals surface area contributed by atoms with Crippen LogP contribution in [0.25, 0.3) is 11.1 Å². The van der Waals surface area contributed by atoms with Crippen LogP contribution in [0.3, 0.4) is 0 Å². The highest BCUT2D eigenvalue weighted by molar-refractivity contribution is 6.07. The van der Waals surface area contributed by atoms with Crippen molar-refractivity contribution in [2.45, 2.75) is 52.0 Å². The zero-order valence-corrected chi connectivity index (χ0v) is 16.0. The Labute approximate surface area is 153 Å². The van der Waals surface area contributed by atoms with Crippen molar-refractivity contribution in [1.29, 1.82) is 0 Å². The molecule has 0 radical (unpaired) electrons. The fraction of sp³-hybridized carbons (Fsp3) is 0.579. The Balaban J connectivity index is 1.95. The van der Waals surface area contributed by atoms with Crippen LogP contribution in [0.4, 0.5) is 0 Å². The van der Waals surface area contributed by atoms with E-state index in [1.807, 2.05) is 19.9 Å². The molecule has 7 heteroatoms. The van der Waals surface area contributed by atoms with Crippen molar-refractivity contribution in [2.24, 2.45) is 5.92 Å². The Morgan fingerprint density at radius 2 is 2.04 bits per heavy atom. The SMILES string of the molecule is Cc1noc2nc(C3CC3)cc(C(=O)N[C@@H](CC(C)C)C(=O)N(C)C)c12. The molecule has 1 saturated carbocycles. The van der Waals surface area contributed by atoms with Gasteiger partial charge in [0.15, 0.2) is 0 Å². The second-order valence-corrected chi connectivity index (χ2v) is 7.71. The number of hydrogen-bond donors (Lipinski definition) is 1. The minimum Gasteiger partial charge on any atom is -0.347 e. The Morgan fingerprint density at radius 1 is 1.35 bits per heavy atom. The summed E-state index contributed by atoms with van der Waals surface area (Å²) in [4.78, 5) is 31.5. The van der Waals surface area contributed by atoms with E-state index in [0.717, 1.165) is 18.5 Å². The fourth-order valence-corrected chi connectivity index (χ4v) is 3.12. The van der Waals surface area contributed by atoms with Crippen LogP contribution in [0.1, 0.15) is 60.8 Å². The van der Waals surface area contributed by atoms with Gasteiger partial charge in [0.25, 0.3) is 11.6 Å². The van der Waals surface area contributed by atoms with Crippen LogP contribution >= 0.6 is 0 Å². The molecule has 2 heterocycles. The molecule has 0 spiro atoms. The third-order valence-corrected chi connectivity index (χ3v) is 4.63. The van der Waals surface area contributed by atoms with Gasteiger partial charge in [-0.1, -0.05) is 19.0 Å². The van der Waals surface area contributed by atoms with Gasteiger partial charge in [-0.25, -0.2) is 4.98 Å². The van der Waals surface area contributed by atoms with Gasteiger partial charge in [0.1, 0.15) is 6.04 Å². The van der Waals surface area contributed by atoms with Crippen LogP contribution in [0.15, 0.2) is 10.6 Å². The van der Waals surface area contributed by atoms with Crippen LogP contribution in [-0.4, -0.2) is 47.0 Å². The average Bonchev–Trinajstić information content (AvgIpc) is 3.36. The average molecular weight is 358 g/mol. The number of pyridine rings is 1. The van der Waals surface area contributed by atoms with E-state index in [-0.39, 0.29) is 17.7 Å². The van der Waals surface area contributed by atoms with Gasteiger partial charge in [-0.15, -0.1) is 0 Å². The standard InChI is InChI=1S/C19H26N4O3/c1-10(2)8-15(19(25)23(4)5)20-17(24)13-9-14(12-6-7-12)21-18-16(13)11(3)22-26-18/h9-10,12,15H,6-8H2,1-5H3,(H,20,24)/t15-/m0/s1. The Morgan fingerprint density at radius 3 is 2.62 bits per heavy atom. The molecule has 2 aromatic rings. The second-order valence-electron chi connectivity index (χ2n) is 7.71. The maximum Gasteiger partial charge on any atom is 0.259 e. The number of hydrogen-bond acceptors (Lipinski definition) is 5. The molecule has 0 bridgehead atoms. The summed E-state index contributed by atoms with van der Waals surface area (Å²) in [5.74, 6) is 0.264. The Hall–Kier alpha value is -2.44. The zero-order chi connectivity index (χ0) is 19.0. The molecular weight excluding hydrogens is 332 g/mol. The van der Waals surface area contributed by atoms with E-state index in [2.05, 4.69) is 15.5 Å². The predicted octanol–water partition coefficient (Wildman–Crippen LogP) is 2.64. The molecule has 1 fully saturated rings. The molecule has 1 aliphatic carbocycles. The molecule has 3 rings (SSSR count). The number of rotatable bonds is 6. The van der Waals surface area contributed by atoms with Gasteiger partial charge in [0.2, 0.25) is 5.91 Å². The quantitative estimate of drug-likeness (QED) is 0.857. The zero-order valence-electron chi connectivity index (χ0n) is 16.0. The first-order valence-corrected chi connectivity index (χ1v) is 9.06. The van der Waals surface area contributed by atoms with E-state index >= 15 is 0 Å². The molecule has 2 aromatic heterocycles. The second kappa shape index (κ2) is 7.05. The van der Waals surface area contributed by atoms with Crippen LogP contribution in [0.5, 0.6) is 0 Å². The lowest BCUT2D eigenvalue weighted by Crippen LogP contribution is -2.47. The lowest BCUT2D eigenvalue weighted by molar-refractivity contribution is -0.131. The summed E-state index contributed by atoms with van der Waals surface area (Å²) >= 11 is 0. The maximum absolute atomic E-state index is 13.0. The fourth-order valence-electron chi connectivity index (χ4n) is 3.12. The summed E-state index contributed by atoms with van der Waals surface area (Å²) < 4.78 is 5.30. The number of carbonyl (C=O) groups is 2. The summed E-state index contributed by atoms with van der Waals surface area (Å²) in [5, 5.41) is 7.49. The minimum atomic E-state index is -0.565. The van der Waals surface area contributed by atoms with E-state index in [9.17, 15) is 9.59 Å². The molecule has 1 aliphatic rings. The van der Waals surface area contributed by atoms with Crippen molar-refractivity contribution < 1.29 is 14.1 Å². The number of fused-ring (bicyclic) bond motifs is 1. The molecule has 0 aromatic carbocycles. The van der Waals surface area contributed by atoms with Crippen molar-refractivity contribution >= 4 is 22.9 Å². The number of nitrogens with zero attached hydrogens (tertiary/aromatic N) is 3. The van der Waals surface area contributed by atoms with E-state index in [0.29, 0.717) is 34.7 Å². The highest BCUT2D eigenvalue weighted by Crippen LogP contribution is 2.40. The van der Waals surface area contributed by atoms with Gasteiger partial charge in [-0.3, -0.25) is 9.59 Å². The highest BCUT2D eigenvalue weighted by atomic mass is 16.5. The number of likely N-dealkylation sites (N-methyl/N-ethyl adjacent to an activating group) is 1. The van der Waals surface area contributed by atoms with E-state index in [1.165, 1.54) is 4.90 Å². The molecule has 0 saturated heterocycles. The molecule has 0 unspecified atom stereocenters. The molecule has 26 heavy (non-hydrogen) atoms. The summed E-state index contributed by atoms with van der Waals surface area (Å²) in [6.07, 6.45) is 2.72. The van der Waals surface area contributed by atoms with Gasteiger partial charge in [0.05, 0.1) is 16.6 Å². The predicted molar refractivity (Wildman–Crippen MR) is 97.9 cm³/mol. The molecule has 7 nitrogen and oxygen atoms in total. The van der Waals surface area contributed by atoms with Gasteiger partial charge >= 0.3 is 0 Å². The Kier molecular flexibility index (Phi) is 4.98. The van der Waals surface area contributed by atoms with Crippen LogP contribution in [0, 0.1) is 12.8 Å². The molecule has 140 valence electrons. The minimum absolute atomic E-state index is 0.109. The van der Waals surface area contributed by atoms with Crippen LogP contribution in [0.2, 0.25) is 0 Å². The molecule has 1 N–H and O–H groups in total. The molecule has 1 atom stereocenters. The maximum atomic E-state index is 13.0. The first-order chi connectivity index (χ1) is 12.3. The largest absolute Gasteiger partial charge is 0.347 e. The number of nitrogens with one attached hydrogen (secondary N) is 1. The van der Waals surface area contributed by atoms with Gasteiger partial charge in [-0.2, -0.15) is 0 Å². The Bertz CT molecular complexity index is 837. The number of amides is 2. The van der Waals surface area contributed by atoms with Crippen molar-refractivity contribution in [3.8, 4) is 0 Å². The van der Waals surface area contributed by atoms with Crippen molar-refractivity contribution in [3.63, 3.8) is 0 Å². The van der Waals surface area contributed by atoms with Crippen LogP contribution in [-0.2, 0) is 4.79 Å². The number of aryl methyl sites for hydroxylation is 1. The summed E-state index contributed by atoms with van der Waals surface area (Å²) in [6.45, 7) is 5.85. The smallest absolute Gasteiger partial charge is 0.259 e. The third-order valence-electron chi connectivity index (χ3n) is 4.63. The topological polar surface area (TPSA) is 88.3 Å². The van der Waals surface area contributed by atoms with Crippen molar-refractivity contribution in [2.75, 3.05) is 14.1 Å². The first-order valence-electron chi connectivity index (χ1n) is 9.06. The lowest BCUT2D eigenvalue weighted by atomic mass is 10.0. The first kappa shape index (κ1) is 18.4. The lowest BCUT2D eigenvalue weighted by Gasteiger charge is -2.23. The van der Waals surface area contributed by atoms with Gasteiger partial charge in [0, 0.05) is 25.7 Å². The molecule has 0 aliphatic heterocycles. The third kappa shape index (κ3) is 3.71.